The first-order chi connectivity index (χ1) is 14.3. The fourth-order valence-corrected chi connectivity index (χ4v) is 4.55. The molecule has 7 heteroatoms. The van der Waals surface area contributed by atoms with Gasteiger partial charge in [-0.2, -0.15) is 10.4 Å². The van der Waals surface area contributed by atoms with Gasteiger partial charge in [0.15, 0.2) is 0 Å². The molecule has 0 unspecified atom stereocenters. The van der Waals surface area contributed by atoms with Gasteiger partial charge in [0, 0.05) is 44.5 Å². The van der Waals surface area contributed by atoms with Gasteiger partial charge in [0.25, 0.3) is 0 Å². The third-order valence-electron chi connectivity index (χ3n) is 5.32. The first-order valence-corrected chi connectivity index (χ1v) is 10.7. The highest BCUT2D eigenvalue weighted by Crippen LogP contribution is 2.29. The van der Waals surface area contributed by atoms with E-state index in [2.05, 4.69) is 44.5 Å². The molecule has 1 saturated heterocycles. The lowest BCUT2D eigenvalue weighted by atomic mass is 10.1. The number of hydrogen-bond acceptors (Lipinski definition) is 6. The molecule has 29 heavy (non-hydrogen) atoms. The number of benzene rings is 1. The molecule has 0 amide bonds. The van der Waals surface area contributed by atoms with Gasteiger partial charge >= 0.3 is 0 Å². The number of ether oxygens (including phenoxy) is 1. The summed E-state index contributed by atoms with van der Waals surface area (Å²) in [7, 11) is 1.73. The molecule has 0 saturated carbocycles. The summed E-state index contributed by atoms with van der Waals surface area (Å²) in [6.07, 6.45) is 2.97. The van der Waals surface area contributed by atoms with Gasteiger partial charge in [0.1, 0.15) is 18.0 Å². The minimum Gasteiger partial charge on any atom is -0.495 e. The maximum atomic E-state index is 9.01. The Balaban J connectivity index is 1.38. The van der Waals surface area contributed by atoms with Gasteiger partial charge in [-0.1, -0.05) is 18.2 Å². The second-order valence-corrected chi connectivity index (χ2v) is 8.03. The normalized spacial score (nSPS) is 14.7. The zero-order valence-corrected chi connectivity index (χ0v) is 17.4. The van der Waals surface area contributed by atoms with Crippen LogP contribution in [0.3, 0.4) is 0 Å². The monoisotopic (exact) mass is 407 g/mol. The number of methoxy groups -OCH3 is 1. The summed E-state index contributed by atoms with van der Waals surface area (Å²) in [5.41, 5.74) is 3.41. The van der Waals surface area contributed by atoms with Gasteiger partial charge in [-0.3, -0.25) is 9.58 Å². The Morgan fingerprint density at radius 2 is 1.97 bits per heavy atom. The summed E-state index contributed by atoms with van der Waals surface area (Å²) in [6.45, 7) is 5.32. The number of rotatable bonds is 7. The van der Waals surface area contributed by atoms with E-state index in [-0.39, 0.29) is 6.54 Å². The molecule has 1 aromatic carbocycles. The van der Waals surface area contributed by atoms with E-state index in [1.54, 1.807) is 23.1 Å². The molecular weight excluding hydrogens is 382 g/mol. The van der Waals surface area contributed by atoms with Gasteiger partial charge in [0.2, 0.25) is 0 Å². The molecule has 1 fully saturated rings. The Kier molecular flexibility index (Phi) is 6.13. The van der Waals surface area contributed by atoms with Crippen LogP contribution in [0.4, 0.5) is 5.69 Å². The fourth-order valence-electron chi connectivity index (χ4n) is 3.80. The molecule has 0 N–H and O–H groups in total. The number of piperazine rings is 1. The lowest BCUT2D eigenvalue weighted by Gasteiger charge is -2.36. The van der Waals surface area contributed by atoms with Crippen LogP contribution in [0.5, 0.6) is 5.75 Å². The molecule has 6 nitrogen and oxygen atoms in total. The molecule has 0 aliphatic carbocycles. The second kappa shape index (κ2) is 9.12. The second-order valence-electron chi connectivity index (χ2n) is 7.09. The van der Waals surface area contributed by atoms with Gasteiger partial charge in [-0.25, -0.2) is 0 Å². The van der Waals surface area contributed by atoms with E-state index in [0.29, 0.717) is 0 Å². The Bertz CT molecular complexity index is 968. The molecule has 3 heterocycles. The minimum absolute atomic E-state index is 0.288. The standard InChI is InChI=1S/C22H25N5OS/c1-28-20-6-3-2-5-19(20)26-14-12-25(13-15-26)10-8-18-17-27(11-9-23)24-22(18)21-7-4-16-29-21/h2-7,16-17H,8,10-15H2,1H3. The zero-order valence-electron chi connectivity index (χ0n) is 16.6. The number of nitriles is 1. The van der Waals surface area contributed by atoms with E-state index in [9.17, 15) is 0 Å². The first-order valence-electron chi connectivity index (χ1n) is 9.86. The van der Waals surface area contributed by atoms with Crippen molar-refractivity contribution in [3.63, 3.8) is 0 Å². The summed E-state index contributed by atoms with van der Waals surface area (Å²) in [5, 5.41) is 15.7. The van der Waals surface area contributed by atoms with E-state index < -0.39 is 0 Å². The van der Waals surface area contributed by atoms with Crippen LogP contribution in [-0.2, 0) is 13.0 Å². The average molecular weight is 408 g/mol. The van der Waals surface area contributed by atoms with Crippen LogP contribution in [0, 0.1) is 11.3 Å². The molecule has 1 aliphatic heterocycles. The van der Waals surface area contributed by atoms with E-state index in [4.69, 9.17) is 10.00 Å². The molecule has 150 valence electrons. The molecule has 2 aromatic heterocycles. The van der Waals surface area contributed by atoms with Gasteiger partial charge < -0.3 is 9.64 Å². The van der Waals surface area contributed by atoms with Crippen molar-refractivity contribution in [1.82, 2.24) is 14.7 Å². The van der Waals surface area contributed by atoms with Crippen LogP contribution < -0.4 is 9.64 Å². The van der Waals surface area contributed by atoms with Crippen LogP contribution in [0.1, 0.15) is 5.56 Å². The summed E-state index contributed by atoms with van der Waals surface area (Å²) < 4.78 is 7.27. The predicted octanol–water partition coefficient (Wildman–Crippen LogP) is 3.51. The van der Waals surface area contributed by atoms with E-state index >= 15 is 0 Å². The highest BCUT2D eigenvalue weighted by atomic mass is 32.1. The van der Waals surface area contributed by atoms with Crippen molar-refractivity contribution < 1.29 is 4.74 Å². The van der Waals surface area contributed by atoms with Crippen LogP contribution in [-0.4, -0.2) is 54.5 Å². The van der Waals surface area contributed by atoms with Gasteiger partial charge in [-0.15, -0.1) is 11.3 Å². The molecule has 0 atom stereocenters. The number of anilines is 1. The Morgan fingerprint density at radius 1 is 1.14 bits per heavy atom. The molecule has 1 aliphatic rings. The van der Waals surface area contributed by atoms with Crippen LogP contribution in [0.25, 0.3) is 10.6 Å². The highest BCUT2D eigenvalue weighted by molar-refractivity contribution is 7.13. The number of aromatic nitrogens is 2. The maximum Gasteiger partial charge on any atom is 0.142 e. The molecule has 0 radical (unpaired) electrons. The van der Waals surface area contributed by atoms with Crippen molar-refractivity contribution in [2.75, 3.05) is 44.7 Å². The molecule has 0 bridgehead atoms. The molecule has 0 spiro atoms. The van der Waals surface area contributed by atoms with Crippen LogP contribution in [0.15, 0.2) is 48.0 Å². The smallest absolute Gasteiger partial charge is 0.142 e. The third kappa shape index (κ3) is 4.44. The Morgan fingerprint density at radius 3 is 2.69 bits per heavy atom. The summed E-state index contributed by atoms with van der Waals surface area (Å²) in [5.74, 6) is 0.937. The van der Waals surface area contributed by atoms with E-state index in [0.717, 1.165) is 55.5 Å². The van der Waals surface area contributed by atoms with Crippen LogP contribution >= 0.6 is 11.3 Å². The van der Waals surface area contributed by atoms with E-state index in [1.165, 1.54) is 11.3 Å². The fraction of sp³-hybridized carbons (Fsp3) is 0.364. The van der Waals surface area contributed by atoms with Crippen molar-refractivity contribution in [3.05, 3.63) is 53.5 Å². The molecule has 4 rings (SSSR count). The largest absolute Gasteiger partial charge is 0.495 e. The highest BCUT2D eigenvalue weighted by Gasteiger charge is 2.20. The number of hydrogen-bond donors (Lipinski definition) is 0. The molecular formula is C22H25N5OS. The average Bonchev–Trinajstić information content (AvgIpc) is 3.43. The van der Waals surface area contributed by atoms with Crippen molar-refractivity contribution in [1.29, 1.82) is 5.26 Å². The number of thiophene rings is 1. The maximum absolute atomic E-state index is 9.01. The first kappa shape index (κ1) is 19.5. The van der Waals surface area contributed by atoms with Gasteiger partial charge in [-0.05, 0) is 30.0 Å². The quantitative estimate of drug-likeness (QED) is 0.600. The SMILES string of the molecule is COc1ccccc1N1CCN(CCc2cn(CC#N)nc2-c2cccs2)CC1. The van der Waals surface area contributed by atoms with Gasteiger partial charge in [0.05, 0.1) is 23.7 Å². The van der Waals surface area contributed by atoms with Crippen LogP contribution in [0.2, 0.25) is 0 Å². The van der Waals surface area contributed by atoms with Crippen molar-refractivity contribution in [2.45, 2.75) is 13.0 Å². The summed E-state index contributed by atoms with van der Waals surface area (Å²) >= 11 is 1.69. The lowest BCUT2D eigenvalue weighted by molar-refractivity contribution is 0.260. The lowest BCUT2D eigenvalue weighted by Crippen LogP contribution is -2.47. The zero-order chi connectivity index (χ0) is 20.1. The predicted molar refractivity (Wildman–Crippen MR) is 117 cm³/mol. The van der Waals surface area contributed by atoms with E-state index in [1.807, 2.05) is 24.4 Å². The summed E-state index contributed by atoms with van der Waals surface area (Å²) in [4.78, 5) is 6.07. The van der Waals surface area contributed by atoms with Crippen molar-refractivity contribution in [2.24, 2.45) is 0 Å². The Labute approximate surface area is 175 Å². The van der Waals surface area contributed by atoms with Crippen molar-refractivity contribution in [3.8, 4) is 22.4 Å². The van der Waals surface area contributed by atoms with Crippen molar-refractivity contribution >= 4 is 17.0 Å². The summed E-state index contributed by atoms with van der Waals surface area (Å²) in [6, 6.07) is 14.6. The number of para-hydroxylation sites is 2. The number of nitrogens with zero attached hydrogens (tertiary/aromatic N) is 5. The Hall–Kier alpha value is -2.82. The third-order valence-corrected chi connectivity index (χ3v) is 6.20. The minimum atomic E-state index is 0.288. The topological polar surface area (TPSA) is 57.3 Å². The molecule has 3 aromatic rings.